The van der Waals surface area contributed by atoms with Gasteiger partial charge in [0.25, 0.3) is 0 Å². The van der Waals surface area contributed by atoms with Crippen molar-refractivity contribution in [2.24, 2.45) is 28.6 Å². The molecule has 2 aromatic carbocycles. The first-order valence-corrected chi connectivity index (χ1v) is 18.1. The Morgan fingerprint density at radius 1 is 0.756 bits per heavy atom. The van der Waals surface area contributed by atoms with Gasteiger partial charge in [0.15, 0.2) is 11.6 Å². The number of alkyl halides is 1. The molecular weight excluding hydrogens is 622 g/mol. The van der Waals surface area contributed by atoms with Gasteiger partial charge in [0, 0.05) is 48.7 Å². The van der Waals surface area contributed by atoms with Crippen molar-refractivity contribution in [1.82, 2.24) is 4.90 Å². The summed E-state index contributed by atoms with van der Waals surface area (Å²) in [5.74, 6) is 1.84. The molecule has 0 N–H and O–H groups in total. The van der Waals surface area contributed by atoms with Crippen LogP contribution in [0.1, 0.15) is 120 Å². The molecule has 2 aromatic rings. The summed E-state index contributed by atoms with van der Waals surface area (Å²) in [6.07, 6.45) is 12.2. The highest BCUT2D eigenvalue weighted by Gasteiger charge is 2.35. The summed E-state index contributed by atoms with van der Waals surface area (Å²) >= 11 is 3.10. The SMILES string of the molecule is CC(C)(C)C1CC=C(N2CCCC2)CC1.CC(C)(C)C1CCC(=O)C(CC(=O)c2ccccc2)C1.O=C(CBr)c1ccccc1. The van der Waals surface area contributed by atoms with Crippen molar-refractivity contribution in [3.05, 3.63) is 83.6 Å². The van der Waals surface area contributed by atoms with Gasteiger partial charge in [0.05, 0.1) is 5.33 Å². The van der Waals surface area contributed by atoms with E-state index in [1.165, 1.54) is 45.2 Å². The molecule has 4 nitrogen and oxygen atoms in total. The predicted octanol–water partition coefficient (Wildman–Crippen LogP) is 10.4. The molecule has 3 unspecified atom stereocenters. The molecule has 3 atom stereocenters. The van der Waals surface area contributed by atoms with E-state index in [2.05, 4.69) is 68.4 Å². The van der Waals surface area contributed by atoms with Gasteiger partial charge >= 0.3 is 0 Å². The summed E-state index contributed by atoms with van der Waals surface area (Å²) < 4.78 is 0. The van der Waals surface area contributed by atoms with Crippen LogP contribution in [0.3, 0.4) is 0 Å². The van der Waals surface area contributed by atoms with Crippen molar-refractivity contribution in [1.29, 1.82) is 0 Å². The molecule has 0 spiro atoms. The molecule has 0 amide bonds. The fourth-order valence-electron chi connectivity index (χ4n) is 6.66. The second-order valence-electron chi connectivity index (χ2n) is 15.1. The molecule has 0 aromatic heterocycles. The van der Waals surface area contributed by atoms with Crippen LogP contribution < -0.4 is 0 Å². The van der Waals surface area contributed by atoms with E-state index in [1.807, 2.05) is 60.7 Å². The number of allylic oxidation sites excluding steroid dienone is 2. The van der Waals surface area contributed by atoms with Crippen molar-refractivity contribution in [2.45, 2.75) is 99.3 Å². The van der Waals surface area contributed by atoms with Crippen molar-refractivity contribution in [3.63, 3.8) is 0 Å². The molecule has 5 rings (SSSR count). The maximum absolute atomic E-state index is 12.3. The van der Waals surface area contributed by atoms with E-state index in [9.17, 15) is 14.4 Å². The first-order chi connectivity index (χ1) is 21.3. The summed E-state index contributed by atoms with van der Waals surface area (Å²) in [5, 5.41) is 0.400. The lowest BCUT2D eigenvalue weighted by Crippen LogP contribution is -2.33. The van der Waals surface area contributed by atoms with Gasteiger partial charge in [0.1, 0.15) is 5.78 Å². The van der Waals surface area contributed by atoms with Gasteiger partial charge < -0.3 is 4.90 Å². The third kappa shape index (κ3) is 12.0. The minimum Gasteiger partial charge on any atom is -0.375 e. The zero-order valence-electron chi connectivity index (χ0n) is 28.6. The highest BCUT2D eigenvalue weighted by molar-refractivity contribution is 9.09. The average molecular weight is 679 g/mol. The Labute approximate surface area is 281 Å². The summed E-state index contributed by atoms with van der Waals surface area (Å²) in [6, 6.07) is 18.5. The van der Waals surface area contributed by atoms with Gasteiger partial charge in [0.2, 0.25) is 0 Å². The summed E-state index contributed by atoms with van der Waals surface area (Å²) in [5.41, 5.74) is 3.84. The Bertz CT molecular complexity index is 1250. The fraction of sp³-hybridized carbons (Fsp3) is 0.575. The molecule has 246 valence electrons. The fourth-order valence-corrected chi connectivity index (χ4v) is 6.99. The monoisotopic (exact) mass is 677 g/mol. The molecular formula is C40H56BrNO3. The smallest absolute Gasteiger partial charge is 0.173 e. The molecule has 2 aliphatic carbocycles. The molecule has 5 heteroatoms. The lowest BCUT2D eigenvalue weighted by atomic mass is 9.67. The lowest BCUT2D eigenvalue weighted by Gasteiger charge is -2.36. The van der Waals surface area contributed by atoms with Gasteiger partial charge in [-0.2, -0.15) is 0 Å². The van der Waals surface area contributed by atoms with Crippen LogP contribution in [0.5, 0.6) is 0 Å². The minimum atomic E-state index is -0.0827. The molecule has 2 fully saturated rings. The second-order valence-corrected chi connectivity index (χ2v) is 15.7. The van der Waals surface area contributed by atoms with Gasteiger partial charge in [-0.15, -0.1) is 0 Å². The largest absolute Gasteiger partial charge is 0.375 e. The third-order valence-electron chi connectivity index (χ3n) is 9.86. The topological polar surface area (TPSA) is 54.5 Å². The van der Waals surface area contributed by atoms with Crippen LogP contribution in [0.4, 0.5) is 0 Å². The van der Waals surface area contributed by atoms with E-state index >= 15 is 0 Å². The number of carbonyl (C=O) groups excluding carboxylic acids is 3. The van der Waals surface area contributed by atoms with Gasteiger partial charge in [-0.3, -0.25) is 14.4 Å². The van der Waals surface area contributed by atoms with Gasteiger partial charge in [-0.1, -0.05) is 124 Å². The van der Waals surface area contributed by atoms with Gasteiger partial charge in [-0.05, 0) is 67.6 Å². The predicted molar refractivity (Wildman–Crippen MR) is 191 cm³/mol. The van der Waals surface area contributed by atoms with Gasteiger partial charge in [-0.25, -0.2) is 0 Å². The standard InChI is InChI=1S/C18H24O2.C14H25N.C8H7BrO/c1-18(2,3)15-9-10-16(19)14(11-15)12-17(20)13-7-5-4-6-8-13;1-14(2,3)12-6-8-13(9-7-12)15-10-4-5-11-15;9-6-8(10)7-4-2-1-3-5-7/h4-8,14-15H,9-12H2,1-3H3;8,12H,4-7,9-11H2,1-3H3;1-5H,6H2. The molecule has 1 aliphatic heterocycles. The normalized spacial score (nSPS) is 21.9. The van der Waals surface area contributed by atoms with E-state index in [1.54, 1.807) is 5.70 Å². The van der Waals surface area contributed by atoms with Crippen LogP contribution in [0.15, 0.2) is 72.4 Å². The first kappa shape index (κ1) is 36.9. The number of nitrogens with zero attached hydrogens (tertiary/aromatic N) is 1. The Morgan fingerprint density at radius 3 is 1.73 bits per heavy atom. The molecule has 1 heterocycles. The molecule has 0 bridgehead atoms. The summed E-state index contributed by atoms with van der Waals surface area (Å²) in [7, 11) is 0. The zero-order valence-corrected chi connectivity index (χ0v) is 30.2. The molecule has 1 saturated heterocycles. The maximum Gasteiger partial charge on any atom is 0.173 e. The Morgan fingerprint density at radius 2 is 1.27 bits per heavy atom. The number of ketones is 3. The van der Waals surface area contributed by atoms with E-state index in [0.717, 1.165) is 29.9 Å². The van der Waals surface area contributed by atoms with E-state index in [0.29, 0.717) is 29.5 Å². The van der Waals surface area contributed by atoms with E-state index in [4.69, 9.17) is 0 Å². The van der Waals surface area contributed by atoms with Crippen LogP contribution in [0.25, 0.3) is 0 Å². The number of hydrogen-bond acceptors (Lipinski definition) is 4. The number of benzene rings is 2. The number of Topliss-reactive ketones (excluding diaryl/α,β-unsaturated/α-hetero) is 3. The summed E-state index contributed by atoms with van der Waals surface area (Å²) in [4.78, 5) is 37.9. The highest BCUT2D eigenvalue weighted by Crippen LogP contribution is 2.40. The van der Waals surface area contributed by atoms with E-state index in [-0.39, 0.29) is 28.7 Å². The third-order valence-corrected chi connectivity index (χ3v) is 10.4. The van der Waals surface area contributed by atoms with Crippen molar-refractivity contribution in [3.8, 4) is 0 Å². The number of rotatable bonds is 6. The first-order valence-electron chi connectivity index (χ1n) is 17.0. The van der Waals surface area contributed by atoms with Crippen LogP contribution in [0.2, 0.25) is 0 Å². The lowest BCUT2D eigenvalue weighted by molar-refractivity contribution is -0.126. The van der Waals surface area contributed by atoms with Crippen LogP contribution in [0, 0.1) is 28.6 Å². The second kappa shape index (κ2) is 17.4. The Balaban J connectivity index is 0.000000195. The zero-order chi connectivity index (χ0) is 33.0. The quantitative estimate of drug-likeness (QED) is 0.225. The molecule has 3 aliphatic rings. The average Bonchev–Trinajstić information content (AvgIpc) is 3.58. The number of hydrogen-bond donors (Lipinski definition) is 0. The van der Waals surface area contributed by atoms with Crippen LogP contribution in [-0.2, 0) is 4.79 Å². The van der Waals surface area contributed by atoms with E-state index < -0.39 is 0 Å². The molecule has 0 radical (unpaired) electrons. The van der Waals surface area contributed by atoms with Crippen molar-refractivity contribution >= 4 is 33.3 Å². The number of halogens is 1. The number of carbonyl (C=O) groups is 3. The number of likely N-dealkylation sites (tertiary alicyclic amines) is 1. The van der Waals surface area contributed by atoms with Crippen LogP contribution >= 0.6 is 15.9 Å². The Kier molecular flexibility index (Phi) is 14.3. The van der Waals surface area contributed by atoms with Crippen molar-refractivity contribution in [2.75, 3.05) is 18.4 Å². The molecule has 45 heavy (non-hydrogen) atoms. The Hall–Kier alpha value is -2.53. The molecule has 1 saturated carbocycles. The minimum absolute atomic E-state index is 0.0827. The maximum atomic E-state index is 12.3. The van der Waals surface area contributed by atoms with Crippen LogP contribution in [-0.4, -0.2) is 40.7 Å². The highest BCUT2D eigenvalue weighted by atomic mass is 79.9. The van der Waals surface area contributed by atoms with Crippen molar-refractivity contribution < 1.29 is 14.4 Å². The summed E-state index contributed by atoms with van der Waals surface area (Å²) in [6.45, 7) is 16.4.